The van der Waals surface area contributed by atoms with Gasteiger partial charge in [-0.2, -0.15) is 0 Å². The van der Waals surface area contributed by atoms with Gasteiger partial charge in [0.15, 0.2) is 0 Å². The zero-order valence-corrected chi connectivity index (χ0v) is 15.2. The fourth-order valence-electron chi connectivity index (χ4n) is 3.38. The van der Waals surface area contributed by atoms with E-state index >= 15 is 0 Å². The maximum absolute atomic E-state index is 12.5. The van der Waals surface area contributed by atoms with E-state index in [-0.39, 0.29) is 29.8 Å². The molecule has 2 aliphatic rings. The molecule has 1 aromatic carbocycles. The van der Waals surface area contributed by atoms with Crippen LogP contribution in [0.15, 0.2) is 24.3 Å². The molecule has 4 nitrogen and oxygen atoms in total. The molecule has 0 heterocycles. The Morgan fingerprint density at radius 2 is 2.04 bits per heavy atom. The van der Waals surface area contributed by atoms with E-state index in [1.807, 2.05) is 31.2 Å². The van der Waals surface area contributed by atoms with Crippen LogP contribution in [0.25, 0.3) is 0 Å². The molecule has 2 saturated carbocycles. The Bertz CT molecular complexity index is 558. The minimum absolute atomic E-state index is 0. The van der Waals surface area contributed by atoms with Crippen molar-refractivity contribution in [3.05, 3.63) is 29.8 Å². The van der Waals surface area contributed by atoms with Gasteiger partial charge in [-0.25, -0.2) is 0 Å². The third kappa shape index (κ3) is 4.87. The Kier molecular flexibility index (Phi) is 6.53. The highest BCUT2D eigenvalue weighted by Gasteiger charge is 2.37. The number of nitrogens with one attached hydrogen (secondary N) is 1. The predicted octanol–water partition coefficient (Wildman–Crippen LogP) is 3.42. The van der Waals surface area contributed by atoms with Crippen LogP contribution in [0, 0.1) is 11.8 Å². The molecule has 0 saturated heterocycles. The number of amides is 1. The molecule has 1 amide bonds. The van der Waals surface area contributed by atoms with Crippen LogP contribution in [-0.2, 0) is 11.3 Å². The van der Waals surface area contributed by atoms with Crippen molar-refractivity contribution in [1.82, 2.24) is 5.32 Å². The van der Waals surface area contributed by atoms with Crippen LogP contribution >= 0.6 is 12.4 Å². The van der Waals surface area contributed by atoms with Crippen LogP contribution < -0.4 is 15.8 Å². The third-order valence-electron chi connectivity index (χ3n) is 5.17. The summed E-state index contributed by atoms with van der Waals surface area (Å²) in [5.74, 6) is 1.60. The van der Waals surface area contributed by atoms with Crippen LogP contribution in [0.4, 0.5) is 0 Å². The van der Waals surface area contributed by atoms with Crippen molar-refractivity contribution in [3.63, 3.8) is 0 Å². The molecule has 3 N–H and O–H groups in total. The number of carbonyl (C=O) groups excluding carboxylic acids is 1. The molecule has 0 bridgehead atoms. The predicted molar refractivity (Wildman–Crippen MR) is 98.3 cm³/mol. The molecular weight excluding hydrogens is 324 g/mol. The Balaban J connectivity index is 0.00000208. The number of halogens is 1. The summed E-state index contributed by atoms with van der Waals surface area (Å²) in [5.41, 5.74) is 6.98. The molecule has 3 rings (SSSR count). The van der Waals surface area contributed by atoms with E-state index in [4.69, 9.17) is 10.5 Å². The molecule has 134 valence electrons. The van der Waals surface area contributed by atoms with E-state index in [0.717, 1.165) is 49.5 Å². The zero-order chi connectivity index (χ0) is 16.3. The number of ether oxygens (including phenoxy) is 1. The largest absolute Gasteiger partial charge is 0.493 e. The summed E-state index contributed by atoms with van der Waals surface area (Å²) in [4.78, 5) is 12.5. The van der Waals surface area contributed by atoms with Crippen molar-refractivity contribution in [2.24, 2.45) is 17.6 Å². The number of nitrogens with two attached hydrogens (primary N) is 1. The van der Waals surface area contributed by atoms with Gasteiger partial charge in [0.1, 0.15) is 5.75 Å². The Hall–Kier alpha value is -1.26. The number of hydrogen-bond donors (Lipinski definition) is 2. The SMILES string of the molecule is CC1(N)CCCCC1C(=O)NCc1ccccc1OCC1CC1.Cl. The average molecular weight is 353 g/mol. The first-order chi connectivity index (χ1) is 11.1. The molecule has 2 unspecified atom stereocenters. The minimum Gasteiger partial charge on any atom is -0.493 e. The fourth-order valence-corrected chi connectivity index (χ4v) is 3.38. The molecule has 0 aliphatic heterocycles. The van der Waals surface area contributed by atoms with Crippen LogP contribution in [-0.4, -0.2) is 18.1 Å². The van der Waals surface area contributed by atoms with Crippen LogP contribution in [0.3, 0.4) is 0 Å². The average Bonchev–Trinajstić information content (AvgIpc) is 3.35. The lowest BCUT2D eigenvalue weighted by molar-refractivity contribution is -0.128. The van der Waals surface area contributed by atoms with E-state index in [1.165, 1.54) is 12.8 Å². The maximum atomic E-state index is 12.5. The highest BCUT2D eigenvalue weighted by Crippen LogP contribution is 2.32. The summed E-state index contributed by atoms with van der Waals surface area (Å²) in [6.07, 6.45) is 6.57. The maximum Gasteiger partial charge on any atom is 0.225 e. The van der Waals surface area contributed by atoms with Crippen molar-refractivity contribution in [2.75, 3.05) is 6.61 Å². The molecule has 0 radical (unpaired) electrons. The molecule has 2 fully saturated rings. The van der Waals surface area contributed by atoms with Crippen molar-refractivity contribution >= 4 is 18.3 Å². The monoisotopic (exact) mass is 352 g/mol. The quantitative estimate of drug-likeness (QED) is 0.824. The molecule has 24 heavy (non-hydrogen) atoms. The summed E-state index contributed by atoms with van der Waals surface area (Å²) in [6.45, 7) is 3.30. The number of rotatable bonds is 6. The van der Waals surface area contributed by atoms with Gasteiger partial charge in [0.25, 0.3) is 0 Å². The summed E-state index contributed by atoms with van der Waals surface area (Å²) in [6, 6.07) is 7.97. The topological polar surface area (TPSA) is 64.4 Å². The van der Waals surface area contributed by atoms with Crippen molar-refractivity contribution in [2.45, 2.75) is 57.5 Å². The number of hydrogen-bond acceptors (Lipinski definition) is 3. The summed E-state index contributed by atoms with van der Waals surface area (Å²) >= 11 is 0. The number of benzene rings is 1. The second kappa shape index (κ2) is 8.21. The molecule has 5 heteroatoms. The van der Waals surface area contributed by atoms with Crippen LogP contribution in [0.5, 0.6) is 5.75 Å². The molecule has 2 atom stereocenters. The second-order valence-electron chi connectivity index (χ2n) is 7.38. The summed E-state index contributed by atoms with van der Waals surface area (Å²) in [5, 5.41) is 3.07. The number of para-hydroxylation sites is 1. The zero-order valence-electron chi connectivity index (χ0n) is 14.4. The van der Waals surface area contributed by atoms with Gasteiger partial charge in [0.2, 0.25) is 5.91 Å². The molecule has 0 aromatic heterocycles. The van der Waals surface area contributed by atoms with Gasteiger partial charge in [-0.3, -0.25) is 4.79 Å². The first kappa shape index (κ1) is 19.1. The Morgan fingerprint density at radius 3 is 2.75 bits per heavy atom. The lowest BCUT2D eigenvalue weighted by Crippen LogP contribution is -2.52. The number of carbonyl (C=O) groups is 1. The van der Waals surface area contributed by atoms with Crippen LogP contribution in [0.2, 0.25) is 0 Å². The van der Waals surface area contributed by atoms with Crippen LogP contribution in [0.1, 0.15) is 51.0 Å². The van der Waals surface area contributed by atoms with Gasteiger partial charge >= 0.3 is 0 Å². The van der Waals surface area contributed by atoms with Crippen molar-refractivity contribution in [1.29, 1.82) is 0 Å². The first-order valence-corrected chi connectivity index (χ1v) is 8.83. The van der Waals surface area contributed by atoms with Gasteiger partial charge in [0.05, 0.1) is 12.5 Å². The molecule has 2 aliphatic carbocycles. The Labute approximate surface area is 150 Å². The molecule has 1 aromatic rings. The van der Waals surface area contributed by atoms with E-state index < -0.39 is 0 Å². The van der Waals surface area contributed by atoms with Gasteiger partial charge in [-0.05, 0) is 44.6 Å². The minimum atomic E-state index is -0.385. The summed E-state index contributed by atoms with van der Waals surface area (Å²) < 4.78 is 5.90. The standard InChI is InChI=1S/C19H28N2O2.ClH/c1-19(20)11-5-4-7-16(19)18(22)21-12-15-6-2-3-8-17(15)23-13-14-9-10-14;/h2-3,6,8,14,16H,4-5,7,9-13,20H2,1H3,(H,21,22);1H. The van der Waals surface area contributed by atoms with Gasteiger partial charge in [-0.1, -0.05) is 31.0 Å². The van der Waals surface area contributed by atoms with E-state index in [0.29, 0.717) is 6.54 Å². The highest BCUT2D eigenvalue weighted by atomic mass is 35.5. The van der Waals surface area contributed by atoms with Gasteiger partial charge < -0.3 is 15.8 Å². The van der Waals surface area contributed by atoms with E-state index in [9.17, 15) is 4.79 Å². The van der Waals surface area contributed by atoms with E-state index in [2.05, 4.69) is 5.32 Å². The van der Waals surface area contributed by atoms with Crippen molar-refractivity contribution in [3.8, 4) is 5.75 Å². The Morgan fingerprint density at radius 1 is 1.29 bits per heavy atom. The van der Waals surface area contributed by atoms with Crippen molar-refractivity contribution < 1.29 is 9.53 Å². The lowest BCUT2D eigenvalue weighted by atomic mass is 9.74. The molecular formula is C19H29ClN2O2. The fraction of sp³-hybridized carbons (Fsp3) is 0.632. The molecule has 0 spiro atoms. The smallest absolute Gasteiger partial charge is 0.225 e. The lowest BCUT2D eigenvalue weighted by Gasteiger charge is -2.37. The normalized spacial score (nSPS) is 26.3. The third-order valence-corrected chi connectivity index (χ3v) is 5.17. The van der Waals surface area contributed by atoms with E-state index in [1.54, 1.807) is 0 Å². The van der Waals surface area contributed by atoms with Gasteiger partial charge in [-0.15, -0.1) is 12.4 Å². The second-order valence-corrected chi connectivity index (χ2v) is 7.38. The summed E-state index contributed by atoms with van der Waals surface area (Å²) in [7, 11) is 0. The van der Waals surface area contributed by atoms with Gasteiger partial charge in [0, 0.05) is 17.6 Å². The highest BCUT2D eigenvalue weighted by molar-refractivity contribution is 5.85. The first-order valence-electron chi connectivity index (χ1n) is 8.83.